The Morgan fingerprint density at radius 3 is 2.11 bits per heavy atom. The number of hydrogen-bond acceptors (Lipinski definition) is 4. The van der Waals surface area contributed by atoms with Gasteiger partial charge in [-0.2, -0.15) is 5.26 Å². The molecule has 0 atom stereocenters. The maximum atomic E-state index is 9.88. The lowest BCUT2D eigenvalue weighted by atomic mass is 10.8. The summed E-state index contributed by atoms with van der Waals surface area (Å²) in [6.45, 7) is 0. The lowest BCUT2D eigenvalue weighted by molar-refractivity contribution is -0.231. The first-order valence-corrected chi connectivity index (χ1v) is 3.64. The molecule has 0 bridgehead atoms. The smallest absolute Gasteiger partial charge is 0.324 e. The quantitative estimate of drug-likeness (QED) is 0.274. The van der Waals surface area contributed by atoms with Crippen LogP contribution in [0.3, 0.4) is 0 Å². The maximum absolute atomic E-state index is 9.88. The summed E-state index contributed by atoms with van der Waals surface area (Å²) >= 11 is 0. The molecule has 0 aliphatic rings. The molecule has 0 saturated heterocycles. The van der Waals surface area contributed by atoms with Gasteiger partial charge < -0.3 is 14.7 Å². The van der Waals surface area contributed by atoms with Crippen LogP contribution in [0, 0.1) is 0 Å². The third-order valence-electron chi connectivity index (χ3n) is 0.437. The van der Waals surface area contributed by atoms with Gasteiger partial charge in [-0.05, 0) is 0 Å². The number of carbonyl (C=O) groups excluding carboxylic acids is 1. The average molecular weight is 156 g/mol. The highest BCUT2D eigenvalue weighted by molar-refractivity contribution is 7.52. The standard InChI is InChI=1S/C2H5O6P/c3-2(8-4)1-9(5,6)7/h4H,1H2,(H2,5,6,7). The minimum atomic E-state index is -4.37. The topological polar surface area (TPSA) is 104 Å². The van der Waals surface area contributed by atoms with Crippen molar-refractivity contribution in [1.82, 2.24) is 0 Å². The minimum Gasteiger partial charge on any atom is -0.324 e. The molecule has 9 heavy (non-hydrogen) atoms. The Labute approximate surface area is 50.2 Å². The van der Waals surface area contributed by atoms with Gasteiger partial charge in [-0.1, -0.05) is 0 Å². The molecule has 0 spiro atoms. The van der Waals surface area contributed by atoms with E-state index in [1.54, 1.807) is 0 Å². The van der Waals surface area contributed by atoms with E-state index in [9.17, 15) is 9.36 Å². The molecular weight excluding hydrogens is 151 g/mol. The van der Waals surface area contributed by atoms with E-state index in [1.807, 2.05) is 0 Å². The summed E-state index contributed by atoms with van der Waals surface area (Å²) in [4.78, 5) is 28.9. The molecule has 0 fully saturated rings. The summed E-state index contributed by atoms with van der Waals surface area (Å²) in [7, 11) is -4.37. The highest BCUT2D eigenvalue weighted by Crippen LogP contribution is 2.33. The first-order chi connectivity index (χ1) is 3.95. The minimum absolute atomic E-state index is 1.09. The van der Waals surface area contributed by atoms with E-state index in [0.717, 1.165) is 0 Å². The normalized spacial score (nSPS) is 11.0. The second kappa shape index (κ2) is 2.93. The second-order valence-corrected chi connectivity index (χ2v) is 2.93. The van der Waals surface area contributed by atoms with Crippen molar-refractivity contribution in [3.63, 3.8) is 0 Å². The third kappa shape index (κ3) is 5.45. The van der Waals surface area contributed by atoms with Gasteiger partial charge in [-0.15, -0.1) is 0 Å². The second-order valence-electron chi connectivity index (χ2n) is 1.29. The first kappa shape index (κ1) is 8.58. The molecule has 0 heterocycles. The van der Waals surface area contributed by atoms with E-state index in [4.69, 9.17) is 15.0 Å². The molecule has 54 valence electrons. The van der Waals surface area contributed by atoms with Crippen molar-refractivity contribution in [3.8, 4) is 0 Å². The van der Waals surface area contributed by atoms with Crippen LogP contribution in [0.2, 0.25) is 0 Å². The molecule has 6 nitrogen and oxygen atoms in total. The Balaban J connectivity index is 3.75. The average Bonchev–Trinajstić information content (AvgIpc) is 1.62. The molecule has 0 radical (unpaired) electrons. The zero-order valence-electron chi connectivity index (χ0n) is 4.22. The van der Waals surface area contributed by atoms with Gasteiger partial charge in [0, 0.05) is 0 Å². The highest BCUT2D eigenvalue weighted by atomic mass is 31.2. The van der Waals surface area contributed by atoms with Crippen molar-refractivity contribution in [2.75, 3.05) is 6.16 Å². The van der Waals surface area contributed by atoms with Gasteiger partial charge in [-0.3, -0.25) is 4.57 Å². The van der Waals surface area contributed by atoms with Gasteiger partial charge >= 0.3 is 13.6 Å². The molecular formula is C2H5O6P. The van der Waals surface area contributed by atoms with Crippen LogP contribution in [-0.4, -0.2) is 27.2 Å². The van der Waals surface area contributed by atoms with Gasteiger partial charge in [0.15, 0.2) is 6.16 Å². The maximum Gasteiger partial charge on any atom is 0.354 e. The fraction of sp³-hybridized carbons (Fsp3) is 0.500. The van der Waals surface area contributed by atoms with Gasteiger partial charge in [0.1, 0.15) is 0 Å². The SMILES string of the molecule is O=C(CP(=O)(O)O)OO. The fourth-order valence-electron chi connectivity index (χ4n) is 0.197. The molecule has 0 aliphatic carbocycles. The first-order valence-electron chi connectivity index (χ1n) is 1.84. The Morgan fingerprint density at radius 1 is 1.56 bits per heavy atom. The van der Waals surface area contributed by atoms with E-state index >= 15 is 0 Å². The predicted octanol–water partition coefficient (Wildman–Crippen LogP) is -0.820. The molecule has 0 aromatic heterocycles. The lowest BCUT2D eigenvalue weighted by Gasteiger charge is -1.97. The summed E-state index contributed by atoms with van der Waals surface area (Å²) in [5.41, 5.74) is 0. The van der Waals surface area contributed by atoms with Crippen LogP contribution in [0.5, 0.6) is 0 Å². The molecule has 0 aromatic rings. The largest absolute Gasteiger partial charge is 0.354 e. The van der Waals surface area contributed by atoms with Crippen LogP contribution >= 0.6 is 7.60 Å². The Morgan fingerprint density at radius 2 is 2.00 bits per heavy atom. The van der Waals surface area contributed by atoms with Crippen molar-refractivity contribution >= 4 is 13.6 Å². The van der Waals surface area contributed by atoms with E-state index in [1.165, 1.54) is 0 Å². The van der Waals surface area contributed by atoms with Gasteiger partial charge in [0.2, 0.25) is 0 Å². The number of rotatable bonds is 2. The summed E-state index contributed by atoms with van der Waals surface area (Å²) in [6.07, 6.45) is -1.09. The van der Waals surface area contributed by atoms with Crippen molar-refractivity contribution < 1.29 is 29.3 Å². The van der Waals surface area contributed by atoms with Crippen LogP contribution in [0.4, 0.5) is 0 Å². The van der Waals surface area contributed by atoms with Gasteiger partial charge in [-0.25, -0.2) is 4.79 Å². The summed E-state index contributed by atoms with van der Waals surface area (Å²) in [5.74, 6) is -1.34. The number of carbonyl (C=O) groups is 1. The molecule has 0 amide bonds. The van der Waals surface area contributed by atoms with Crippen molar-refractivity contribution in [1.29, 1.82) is 0 Å². The molecule has 0 aliphatic heterocycles. The lowest BCUT2D eigenvalue weighted by Crippen LogP contribution is -2.06. The molecule has 7 heteroatoms. The van der Waals surface area contributed by atoms with Crippen LogP contribution in [0.15, 0.2) is 0 Å². The van der Waals surface area contributed by atoms with E-state index < -0.39 is 19.7 Å². The molecule has 0 aromatic carbocycles. The van der Waals surface area contributed by atoms with Crippen LogP contribution in [-0.2, 0) is 14.2 Å². The van der Waals surface area contributed by atoms with Crippen molar-refractivity contribution in [2.45, 2.75) is 0 Å². The van der Waals surface area contributed by atoms with E-state index in [-0.39, 0.29) is 0 Å². The zero-order chi connectivity index (χ0) is 7.49. The summed E-state index contributed by atoms with van der Waals surface area (Å²) in [6, 6.07) is 0. The van der Waals surface area contributed by atoms with Crippen LogP contribution < -0.4 is 0 Å². The molecule has 0 saturated carbocycles. The number of hydrogen-bond donors (Lipinski definition) is 3. The van der Waals surface area contributed by atoms with Crippen molar-refractivity contribution in [2.24, 2.45) is 0 Å². The molecule has 0 unspecified atom stereocenters. The van der Waals surface area contributed by atoms with E-state index in [2.05, 4.69) is 4.89 Å². The fourth-order valence-corrected chi connectivity index (χ4v) is 0.591. The van der Waals surface area contributed by atoms with Crippen molar-refractivity contribution in [3.05, 3.63) is 0 Å². The predicted molar refractivity (Wildman–Crippen MR) is 25.6 cm³/mol. The summed E-state index contributed by atoms with van der Waals surface area (Å²) in [5, 5.41) is 7.51. The Kier molecular flexibility index (Phi) is 2.80. The van der Waals surface area contributed by atoms with Crippen LogP contribution in [0.1, 0.15) is 0 Å². The van der Waals surface area contributed by atoms with Gasteiger partial charge in [0.05, 0.1) is 0 Å². The summed E-state index contributed by atoms with van der Waals surface area (Å²) < 4.78 is 9.88. The van der Waals surface area contributed by atoms with Crippen LogP contribution in [0.25, 0.3) is 0 Å². The highest BCUT2D eigenvalue weighted by Gasteiger charge is 2.19. The Hall–Kier alpha value is -0.420. The van der Waals surface area contributed by atoms with E-state index in [0.29, 0.717) is 0 Å². The zero-order valence-corrected chi connectivity index (χ0v) is 5.12. The third-order valence-corrected chi connectivity index (χ3v) is 1.11. The Bertz CT molecular complexity index is 145. The molecule has 0 rings (SSSR count). The molecule has 3 N–H and O–H groups in total. The van der Waals surface area contributed by atoms with Gasteiger partial charge in [0.25, 0.3) is 0 Å². The monoisotopic (exact) mass is 156 g/mol.